The maximum atomic E-state index is 5.86. The number of hydrogen-bond acceptors (Lipinski definition) is 1. The van der Waals surface area contributed by atoms with E-state index in [1.807, 2.05) is 6.08 Å². The maximum absolute atomic E-state index is 5.86. The molecule has 10 heavy (non-hydrogen) atoms. The van der Waals surface area contributed by atoms with Crippen molar-refractivity contribution in [3.63, 3.8) is 0 Å². The molecule has 0 saturated carbocycles. The van der Waals surface area contributed by atoms with Gasteiger partial charge in [0.05, 0.1) is 0 Å². The SMILES string of the molecule is C=CCC(N)C(C)C(C)C. The highest BCUT2D eigenvalue weighted by Crippen LogP contribution is 2.14. The highest BCUT2D eigenvalue weighted by atomic mass is 14.6. The quantitative estimate of drug-likeness (QED) is 0.597. The lowest BCUT2D eigenvalue weighted by molar-refractivity contribution is 0.347. The van der Waals surface area contributed by atoms with Gasteiger partial charge in [0.25, 0.3) is 0 Å². The van der Waals surface area contributed by atoms with Crippen molar-refractivity contribution in [3.05, 3.63) is 12.7 Å². The molecule has 0 radical (unpaired) electrons. The second-order valence-electron chi connectivity index (χ2n) is 3.29. The van der Waals surface area contributed by atoms with Crippen molar-refractivity contribution in [1.29, 1.82) is 0 Å². The van der Waals surface area contributed by atoms with Gasteiger partial charge in [0.1, 0.15) is 0 Å². The van der Waals surface area contributed by atoms with E-state index in [1.165, 1.54) is 0 Å². The molecular formula is C9H19N. The summed E-state index contributed by atoms with van der Waals surface area (Å²) in [6.45, 7) is 10.3. The zero-order chi connectivity index (χ0) is 8.15. The third kappa shape index (κ3) is 3.02. The highest BCUT2D eigenvalue weighted by Gasteiger charge is 2.13. The average molecular weight is 141 g/mol. The highest BCUT2D eigenvalue weighted by molar-refractivity contribution is 4.80. The molecule has 0 heterocycles. The largest absolute Gasteiger partial charge is 0.327 e. The van der Waals surface area contributed by atoms with Gasteiger partial charge in [-0.1, -0.05) is 26.8 Å². The molecule has 0 aromatic heterocycles. The van der Waals surface area contributed by atoms with E-state index < -0.39 is 0 Å². The molecule has 0 fully saturated rings. The van der Waals surface area contributed by atoms with Crippen LogP contribution in [0.5, 0.6) is 0 Å². The first-order valence-electron chi connectivity index (χ1n) is 3.96. The molecule has 0 aromatic carbocycles. The van der Waals surface area contributed by atoms with Crippen LogP contribution in [-0.4, -0.2) is 6.04 Å². The summed E-state index contributed by atoms with van der Waals surface area (Å²) >= 11 is 0. The lowest BCUT2D eigenvalue weighted by atomic mass is 9.89. The summed E-state index contributed by atoms with van der Waals surface area (Å²) < 4.78 is 0. The Hall–Kier alpha value is -0.300. The van der Waals surface area contributed by atoms with Gasteiger partial charge in [-0.15, -0.1) is 6.58 Å². The molecule has 2 atom stereocenters. The Bertz CT molecular complexity index is 96.9. The fourth-order valence-corrected chi connectivity index (χ4v) is 0.901. The fourth-order valence-electron chi connectivity index (χ4n) is 0.901. The van der Waals surface area contributed by atoms with Gasteiger partial charge in [0.15, 0.2) is 0 Å². The fraction of sp³-hybridized carbons (Fsp3) is 0.778. The van der Waals surface area contributed by atoms with Crippen LogP contribution < -0.4 is 5.73 Å². The Kier molecular flexibility index (Phi) is 4.37. The molecule has 0 aliphatic rings. The van der Waals surface area contributed by atoms with Crippen LogP contribution in [0.15, 0.2) is 12.7 Å². The van der Waals surface area contributed by atoms with Crippen LogP contribution in [-0.2, 0) is 0 Å². The van der Waals surface area contributed by atoms with Crippen LogP contribution in [0.2, 0.25) is 0 Å². The standard InChI is InChI=1S/C9H19N/c1-5-6-9(10)8(4)7(2)3/h5,7-9H,1,6,10H2,2-4H3. The van der Waals surface area contributed by atoms with Crippen LogP contribution in [0.25, 0.3) is 0 Å². The smallest absolute Gasteiger partial charge is 0.0102 e. The third-order valence-electron chi connectivity index (χ3n) is 2.17. The zero-order valence-electron chi connectivity index (χ0n) is 7.30. The van der Waals surface area contributed by atoms with Crippen molar-refractivity contribution in [2.75, 3.05) is 0 Å². The minimum atomic E-state index is 0.289. The molecule has 0 aliphatic heterocycles. The molecular weight excluding hydrogens is 122 g/mol. The Balaban J connectivity index is 3.68. The molecule has 0 spiro atoms. The van der Waals surface area contributed by atoms with E-state index in [0.717, 1.165) is 6.42 Å². The summed E-state index contributed by atoms with van der Waals surface area (Å²) in [6.07, 6.45) is 2.82. The van der Waals surface area contributed by atoms with E-state index in [1.54, 1.807) is 0 Å². The molecule has 0 rings (SSSR count). The maximum Gasteiger partial charge on any atom is 0.0102 e. The second kappa shape index (κ2) is 4.51. The van der Waals surface area contributed by atoms with Crippen molar-refractivity contribution in [1.82, 2.24) is 0 Å². The second-order valence-corrected chi connectivity index (χ2v) is 3.29. The summed E-state index contributed by atoms with van der Waals surface area (Å²) in [7, 11) is 0. The van der Waals surface area contributed by atoms with Gasteiger partial charge in [-0.05, 0) is 18.3 Å². The van der Waals surface area contributed by atoms with E-state index in [9.17, 15) is 0 Å². The predicted molar refractivity (Wildman–Crippen MR) is 46.8 cm³/mol. The van der Waals surface area contributed by atoms with E-state index in [0.29, 0.717) is 11.8 Å². The van der Waals surface area contributed by atoms with E-state index in [4.69, 9.17) is 5.73 Å². The van der Waals surface area contributed by atoms with Crippen molar-refractivity contribution in [2.45, 2.75) is 33.2 Å². The summed E-state index contributed by atoms with van der Waals surface area (Å²) in [5.74, 6) is 1.27. The molecule has 1 heteroatoms. The number of rotatable bonds is 4. The minimum Gasteiger partial charge on any atom is -0.327 e. The topological polar surface area (TPSA) is 26.0 Å². The first kappa shape index (κ1) is 9.70. The average Bonchev–Trinajstić information content (AvgIpc) is 1.87. The minimum absolute atomic E-state index is 0.289. The van der Waals surface area contributed by atoms with Crippen LogP contribution in [0.4, 0.5) is 0 Å². The Morgan fingerprint density at radius 1 is 1.40 bits per heavy atom. The van der Waals surface area contributed by atoms with Crippen molar-refractivity contribution >= 4 is 0 Å². The molecule has 1 nitrogen and oxygen atoms in total. The van der Waals surface area contributed by atoms with Gasteiger partial charge in [0, 0.05) is 6.04 Å². The third-order valence-corrected chi connectivity index (χ3v) is 2.17. The first-order valence-corrected chi connectivity index (χ1v) is 3.96. The van der Waals surface area contributed by atoms with Crippen molar-refractivity contribution < 1.29 is 0 Å². The first-order chi connectivity index (χ1) is 4.59. The lowest BCUT2D eigenvalue weighted by Crippen LogP contribution is -2.30. The lowest BCUT2D eigenvalue weighted by Gasteiger charge is -2.21. The Labute approximate surface area is 64.3 Å². The van der Waals surface area contributed by atoms with Crippen LogP contribution >= 0.6 is 0 Å². The molecule has 2 unspecified atom stereocenters. The predicted octanol–water partition coefficient (Wildman–Crippen LogP) is 2.18. The molecule has 0 aromatic rings. The number of nitrogens with two attached hydrogens (primary N) is 1. The Morgan fingerprint density at radius 2 is 1.90 bits per heavy atom. The summed E-state index contributed by atoms with van der Waals surface area (Å²) in [5.41, 5.74) is 5.86. The summed E-state index contributed by atoms with van der Waals surface area (Å²) in [4.78, 5) is 0. The van der Waals surface area contributed by atoms with Crippen LogP contribution in [0.1, 0.15) is 27.2 Å². The zero-order valence-corrected chi connectivity index (χ0v) is 7.30. The van der Waals surface area contributed by atoms with Gasteiger partial charge in [-0.3, -0.25) is 0 Å². The van der Waals surface area contributed by atoms with Crippen LogP contribution in [0, 0.1) is 11.8 Å². The molecule has 0 amide bonds. The normalized spacial score (nSPS) is 16.9. The van der Waals surface area contributed by atoms with Gasteiger partial charge >= 0.3 is 0 Å². The molecule has 0 saturated heterocycles. The summed E-state index contributed by atoms with van der Waals surface area (Å²) in [5, 5.41) is 0. The van der Waals surface area contributed by atoms with Gasteiger partial charge in [0.2, 0.25) is 0 Å². The molecule has 2 N–H and O–H groups in total. The molecule has 0 aliphatic carbocycles. The van der Waals surface area contributed by atoms with Crippen LogP contribution in [0.3, 0.4) is 0 Å². The molecule has 0 bridgehead atoms. The van der Waals surface area contributed by atoms with E-state index in [2.05, 4.69) is 27.4 Å². The van der Waals surface area contributed by atoms with Gasteiger partial charge < -0.3 is 5.73 Å². The van der Waals surface area contributed by atoms with Crippen molar-refractivity contribution in [2.24, 2.45) is 17.6 Å². The van der Waals surface area contributed by atoms with E-state index in [-0.39, 0.29) is 6.04 Å². The van der Waals surface area contributed by atoms with E-state index >= 15 is 0 Å². The van der Waals surface area contributed by atoms with Gasteiger partial charge in [-0.25, -0.2) is 0 Å². The Morgan fingerprint density at radius 3 is 2.20 bits per heavy atom. The van der Waals surface area contributed by atoms with Gasteiger partial charge in [-0.2, -0.15) is 0 Å². The van der Waals surface area contributed by atoms with Crippen molar-refractivity contribution in [3.8, 4) is 0 Å². The molecule has 60 valence electrons. The monoisotopic (exact) mass is 141 g/mol. The number of hydrogen-bond donors (Lipinski definition) is 1. The summed E-state index contributed by atoms with van der Waals surface area (Å²) in [6, 6.07) is 0.289.